The average Bonchev–Trinajstić information content (AvgIpc) is 2.57. The lowest BCUT2D eigenvalue weighted by Gasteiger charge is -2.16. The molecule has 0 unspecified atom stereocenters. The van der Waals surface area contributed by atoms with Gasteiger partial charge >= 0.3 is 6.18 Å². The molecule has 0 aliphatic rings. The van der Waals surface area contributed by atoms with E-state index in [1.165, 1.54) is 7.11 Å². The number of aromatic nitrogens is 2. The fourth-order valence-corrected chi connectivity index (χ4v) is 1.22. The minimum Gasteiger partial charge on any atom is -0.493 e. The molecule has 0 radical (unpaired) electrons. The first-order chi connectivity index (χ1) is 6.91. The molecule has 0 aliphatic carbocycles. The van der Waals surface area contributed by atoms with Crippen molar-refractivity contribution in [2.75, 3.05) is 7.11 Å². The molecule has 0 aliphatic heterocycles. The topological polar surface area (TPSA) is 47.3 Å². The van der Waals surface area contributed by atoms with Crippen LogP contribution in [-0.2, 0) is 6.54 Å². The minimum absolute atomic E-state index is 0.0679. The lowest BCUT2D eigenvalue weighted by Crippen LogP contribution is -2.23. The number of halogens is 3. The first kappa shape index (κ1) is 11.8. The third kappa shape index (κ3) is 2.23. The number of ether oxygens (including phenoxy) is 1. The van der Waals surface area contributed by atoms with Crippen LogP contribution in [-0.4, -0.2) is 28.2 Å². The van der Waals surface area contributed by atoms with Gasteiger partial charge in [0.25, 0.3) is 0 Å². The van der Waals surface area contributed by atoms with E-state index in [-0.39, 0.29) is 18.0 Å². The summed E-state index contributed by atoms with van der Waals surface area (Å²) < 4.78 is 42.6. The number of aliphatic hydroxyl groups excluding tert-OH is 1. The monoisotopic (exact) mass is 224 g/mol. The number of hydrogen-bond donors (Lipinski definition) is 1. The zero-order valence-corrected chi connectivity index (χ0v) is 8.25. The summed E-state index contributed by atoms with van der Waals surface area (Å²) in [6.07, 6.45) is -6.15. The Morgan fingerprint density at radius 2 is 2.20 bits per heavy atom. The Kier molecular flexibility index (Phi) is 3.23. The van der Waals surface area contributed by atoms with Gasteiger partial charge in [0.05, 0.1) is 13.3 Å². The number of aliphatic hydroxyl groups is 1. The minimum atomic E-state index is -4.72. The highest BCUT2D eigenvalue weighted by Gasteiger charge is 2.43. The van der Waals surface area contributed by atoms with Crippen LogP contribution in [0.4, 0.5) is 13.2 Å². The zero-order chi connectivity index (χ0) is 11.6. The van der Waals surface area contributed by atoms with Crippen molar-refractivity contribution < 1.29 is 23.0 Å². The molecular formula is C8H11F3N2O2. The molecule has 86 valence electrons. The van der Waals surface area contributed by atoms with Crippen LogP contribution in [0.25, 0.3) is 0 Å². The van der Waals surface area contributed by atoms with E-state index in [9.17, 15) is 13.2 Å². The van der Waals surface area contributed by atoms with Crippen LogP contribution in [0.2, 0.25) is 0 Å². The van der Waals surface area contributed by atoms with E-state index in [0.717, 1.165) is 10.9 Å². The molecule has 1 N–H and O–H groups in total. The van der Waals surface area contributed by atoms with Gasteiger partial charge in [-0.1, -0.05) is 0 Å². The molecule has 1 aromatic rings. The highest BCUT2D eigenvalue weighted by Crippen LogP contribution is 2.36. The number of aryl methyl sites for hydroxylation is 1. The van der Waals surface area contributed by atoms with Crippen molar-refractivity contribution >= 4 is 0 Å². The lowest BCUT2D eigenvalue weighted by atomic mass is 10.2. The van der Waals surface area contributed by atoms with E-state index in [1.54, 1.807) is 6.92 Å². The molecule has 15 heavy (non-hydrogen) atoms. The van der Waals surface area contributed by atoms with E-state index in [2.05, 4.69) is 5.10 Å². The summed E-state index contributed by atoms with van der Waals surface area (Å²) in [5, 5.41) is 12.8. The number of nitrogens with zero attached hydrogens (tertiary/aromatic N) is 2. The Morgan fingerprint density at radius 3 is 2.60 bits per heavy atom. The van der Waals surface area contributed by atoms with Gasteiger partial charge in [0.15, 0.2) is 11.9 Å². The first-order valence-corrected chi connectivity index (χ1v) is 4.26. The predicted molar refractivity (Wildman–Crippen MR) is 45.5 cm³/mol. The Hall–Kier alpha value is -1.24. The van der Waals surface area contributed by atoms with Crippen molar-refractivity contribution in [2.45, 2.75) is 25.7 Å². The lowest BCUT2D eigenvalue weighted by molar-refractivity contribution is -0.209. The fraction of sp³-hybridized carbons (Fsp3) is 0.625. The highest BCUT2D eigenvalue weighted by molar-refractivity contribution is 5.28. The molecule has 0 saturated heterocycles. The number of methoxy groups -OCH3 is 1. The molecular weight excluding hydrogens is 213 g/mol. The van der Waals surface area contributed by atoms with Crippen LogP contribution in [0.1, 0.15) is 18.7 Å². The van der Waals surface area contributed by atoms with Crippen LogP contribution in [0, 0.1) is 0 Å². The summed E-state index contributed by atoms with van der Waals surface area (Å²) in [4.78, 5) is 0. The van der Waals surface area contributed by atoms with Crippen molar-refractivity contribution in [3.63, 3.8) is 0 Å². The van der Waals surface area contributed by atoms with Crippen LogP contribution in [0.5, 0.6) is 5.75 Å². The Morgan fingerprint density at radius 1 is 1.60 bits per heavy atom. The Bertz CT molecular complexity index is 314. The Labute approximate surface area is 84.3 Å². The zero-order valence-electron chi connectivity index (χ0n) is 8.25. The molecule has 0 fully saturated rings. The molecule has 1 atom stereocenters. The molecule has 1 rings (SSSR count). The maximum atomic E-state index is 12.3. The van der Waals surface area contributed by atoms with E-state index in [4.69, 9.17) is 9.84 Å². The predicted octanol–water partition coefficient (Wildman–Crippen LogP) is 1.51. The van der Waals surface area contributed by atoms with E-state index in [1.807, 2.05) is 0 Å². The van der Waals surface area contributed by atoms with Crippen molar-refractivity contribution in [2.24, 2.45) is 0 Å². The van der Waals surface area contributed by atoms with Gasteiger partial charge in [-0.3, -0.25) is 4.68 Å². The molecule has 0 bridgehead atoms. The maximum Gasteiger partial charge on any atom is 0.420 e. The maximum absolute atomic E-state index is 12.3. The molecule has 0 spiro atoms. The van der Waals surface area contributed by atoms with Crippen molar-refractivity contribution in [3.05, 3.63) is 11.9 Å². The van der Waals surface area contributed by atoms with Crippen LogP contribution < -0.4 is 4.74 Å². The number of hydrogen-bond acceptors (Lipinski definition) is 3. The van der Waals surface area contributed by atoms with E-state index in [0.29, 0.717) is 0 Å². The number of alkyl halides is 3. The van der Waals surface area contributed by atoms with Gasteiger partial charge in [-0.25, -0.2) is 0 Å². The van der Waals surface area contributed by atoms with Gasteiger partial charge in [-0.2, -0.15) is 18.3 Å². The van der Waals surface area contributed by atoms with Gasteiger partial charge in [0, 0.05) is 6.54 Å². The first-order valence-electron chi connectivity index (χ1n) is 4.26. The van der Waals surface area contributed by atoms with Crippen molar-refractivity contribution in [1.82, 2.24) is 9.78 Å². The molecule has 1 heterocycles. The molecule has 4 nitrogen and oxygen atoms in total. The standard InChI is InChI=1S/C8H11F3N2O2/c1-3-13-6(5(15-2)4-12-13)7(14)8(9,10)11/h4,7,14H,3H2,1-2H3/t7-/m0/s1. The van der Waals surface area contributed by atoms with E-state index >= 15 is 0 Å². The third-order valence-corrected chi connectivity index (χ3v) is 1.93. The average molecular weight is 224 g/mol. The summed E-state index contributed by atoms with van der Waals surface area (Å²) >= 11 is 0. The molecule has 0 saturated carbocycles. The molecule has 0 amide bonds. The number of rotatable bonds is 3. The SMILES string of the molecule is CCn1ncc(OC)c1[C@H](O)C(F)(F)F. The van der Waals surface area contributed by atoms with Gasteiger partial charge in [0.1, 0.15) is 5.69 Å². The second-order valence-electron chi connectivity index (χ2n) is 2.86. The Balaban J connectivity index is 3.15. The van der Waals surface area contributed by atoms with Gasteiger partial charge in [0.2, 0.25) is 0 Å². The summed E-state index contributed by atoms with van der Waals surface area (Å²) in [5.41, 5.74) is -0.368. The normalized spacial score (nSPS) is 14.0. The fourth-order valence-electron chi connectivity index (χ4n) is 1.22. The van der Waals surface area contributed by atoms with Gasteiger partial charge < -0.3 is 9.84 Å². The second-order valence-corrected chi connectivity index (χ2v) is 2.86. The molecule has 1 aromatic heterocycles. The van der Waals surface area contributed by atoms with Gasteiger partial charge in [-0.15, -0.1) is 0 Å². The van der Waals surface area contributed by atoms with Crippen molar-refractivity contribution in [1.29, 1.82) is 0 Å². The van der Waals surface area contributed by atoms with Crippen LogP contribution in [0.3, 0.4) is 0 Å². The van der Waals surface area contributed by atoms with Crippen molar-refractivity contribution in [3.8, 4) is 5.75 Å². The molecule has 0 aromatic carbocycles. The third-order valence-electron chi connectivity index (χ3n) is 1.93. The summed E-state index contributed by atoms with van der Waals surface area (Å²) in [7, 11) is 1.23. The summed E-state index contributed by atoms with van der Waals surface area (Å²) in [6, 6.07) is 0. The quantitative estimate of drug-likeness (QED) is 0.846. The molecule has 7 heteroatoms. The van der Waals surface area contributed by atoms with E-state index < -0.39 is 12.3 Å². The smallest absolute Gasteiger partial charge is 0.420 e. The highest BCUT2D eigenvalue weighted by atomic mass is 19.4. The summed E-state index contributed by atoms with van der Waals surface area (Å²) in [6.45, 7) is 1.85. The largest absolute Gasteiger partial charge is 0.493 e. The second kappa shape index (κ2) is 4.09. The van der Waals surface area contributed by atoms with Crippen LogP contribution >= 0.6 is 0 Å². The van der Waals surface area contributed by atoms with Gasteiger partial charge in [-0.05, 0) is 6.92 Å². The van der Waals surface area contributed by atoms with Crippen LogP contribution in [0.15, 0.2) is 6.20 Å². The summed E-state index contributed by atoms with van der Waals surface area (Å²) in [5.74, 6) is -0.0679.